The van der Waals surface area contributed by atoms with E-state index in [0.29, 0.717) is 22.2 Å². The average molecular weight is 412 g/mol. The van der Waals surface area contributed by atoms with Crippen LogP contribution in [-0.4, -0.2) is 15.0 Å². The molecule has 1 heterocycles. The van der Waals surface area contributed by atoms with Crippen LogP contribution in [0.4, 0.5) is 5.69 Å². The molecule has 0 bridgehead atoms. The fraction of sp³-hybridized carbons (Fsp3) is 0.0952. The van der Waals surface area contributed by atoms with Crippen molar-refractivity contribution in [3.05, 3.63) is 92.2 Å². The number of amides is 1. The molecule has 29 heavy (non-hydrogen) atoms. The van der Waals surface area contributed by atoms with E-state index in [1.165, 1.54) is 37.0 Å². The molecule has 0 fully saturated rings. The van der Waals surface area contributed by atoms with Gasteiger partial charge in [0.2, 0.25) is 5.91 Å². The molecule has 1 aromatic heterocycles. The lowest BCUT2D eigenvalue weighted by Gasteiger charge is -2.08. The lowest BCUT2D eigenvalue weighted by molar-refractivity contribution is -0.111. The molecular weight excluding hydrogens is 394 g/mol. The summed E-state index contributed by atoms with van der Waals surface area (Å²) in [6, 6.07) is 13.9. The molecule has 3 rings (SSSR count). The van der Waals surface area contributed by atoms with Gasteiger partial charge in [-0.3, -0.25) is 14.2 Å². The van der Waals surface area contributed by atoms with Gasteiger partial charge >= 0.3 is 5.69 Å². The Morgan fingerprint density at radius 2 is 1.76 bits per heavy atom. The van der Waals surface area contributed by atoms with Crippen LogP contribution in [0.1, 0.15) is 5.56 Å². The second-order valence-corrected chi connectivity index (χ2v) is 6.63. The number of ether oxygens (including phenoxy) is 1. The number of nitrogens with zero attached hydrogens (tertiary/aromatic N) is 2. The zero-order chi connectivity index (χ0) is 21.0. The summed E-state index contributed by atoms with van der Waals surface area (Å²) in [5.41, 5.74) is -0.123. The fourth-order valence-electron chi connectivity index (χ4n) is 2.56. The average Bonchev–Trinajstić information content (AvgIpc) is 2.71. The molecule has 0 saturated heterocycles. The predicted molar refractivity (Wildman–Crippen MR) is 113 cm³/mol. The minimum atomic E-state index is -0.474. The highest BCUT2D eigenvalue weighted by Crippen LogP contribution is 2.29. The molecule has 8 heteroatoms. The molecule has 0 aliphatic carbocycles. The first-order valence-corrected chi connectivity index (χ1v) is 9.01. The SMILES string of the molecule is Cn1cc(C=CC(=O)Nc2ccc(Oc3ccccc3Cl)cc2)c(=O)n(C)c1=O. The number of aromatic nitrogens is 2. The van der Waals surface area contributed by atoms with Crippen molar-refractivity contribution in [2.45, 2.75) is 0 Å². The van der Waals surface area contributed by atoms with Crippen molar-refractivity contribution in [1.82, 2.24) is 9.13 Å². The van der Waals surface area contributed by atoms with Gasteiger partial charge in [0.1, 0.15) is 11.5 Å². The molecule has 148 valence electrons. The molecule has 0 aliphatic heterocycles. The molecule has 0 atom stereocenters. The summed E-state index contributed by atoms with van der Waals surface area (Å²) < 4.78 is 7.95. The highest BCUT2D eigenvalue weighted by atomic mass is 35.5. The van der Waals surface area contributed by atoms with Crippen LogP contribution in [0.5, 0.6) is 11.5 Å². The number of halogens is 1. The first-order chi connectivity index (χ1) is 13.8. The van der Waals surface area contributed by atoms with Crippen molar-refractivity contribution in [3.63, 3.8) is 0 Å². The van der Waals surface area contributed by atoms with E-state index in [2.05, 4.69) is 5.32 Å². The van der Waals surface area contributed by atoms with Gasteiger partial charge in [0, 0.05) is 32.1 Å². The molecular formula is C21H18ClN3O4. The lowest BCUT2D eigenvalue weighted by atomic mass is 10.2. The zero-order valence-corrected chi connectivity index (χ0v) is 16.5. The van der Waals surface area contributed by atoms with Crippen molar-refractivity contribution in [2.75, 3.05) is 5.32 Å². The maximum Gasteiger partial charge on any atom is 0.330 e. The van der Waals surface area contributed by atoms with E-state index >= 15 is 0 Å². The topological polar surface area (TPSA) is 82.3 Å². The Hall–Kier alpha value is -3.58. The molecule has 0 aliphatic rings. The molecule has 2 aromatic carbocycles. The molecule has 1 N–H and O–H groups in total. The van der Waals surface area contributed by atoms with Gasteiger partial charge < -0.3 is 14.6 Å². The highest BCUT2D eigenvalue weighted by molar-refractivity contribution is 6.32. The van der Waals surface area contributed by atoms with Crippen molar-refractivity contribution in [2.24, 2.45) is 14.1 Å². The van der Waals surface area contributed by atoms with Crippen molar-refractivity contribution in [3.8, 4) is 11.5 Å². The summed E-state index contributed by atoms with van der Waals surface area (Å²) in [6.07, 6.45) is 3.98. The van der Waals surface area contributed by atoms with E-state index in [-0.39, 0.29) is 5.56 Å². The maximum atomic E-state index is 12.1. The van der Waals surface area contributed by atoms with Crippen LogP contribution in [-0.2, 0) is 18.9 Å². The van der Waals surface area contributed by atoms with Crippen LogP contribution in [0.2, 0.25) is 5.02 Å². The van der Waals surface area contributed by atoms with Crippen LogP contribution in [0.3, 0.4) is 0 Å². The Bertz CT molecular complexity index is 1190. The molecule has 0 saturated carbocycles. The summed E-state index contributed by atoms with van der Waals surface area (Å²) in [6.45, 7) is 0. The Balaban J connectivity index is 1.67. The van der Waals surface area contributed by atoms with Gasteiger partial charge in [-0.05, 0) is 42.5 Å². The third kappa shape index (κ3) is 4.83. The van der Waals surface area contributed by atoms with Gasteiger partial charge in [0.25, 0.3) is 5.56 Å². The minimum Gasteiger partial charge on any atom is -0.456 e. The van der Waals surface area contributed by atoms with E-state index < -0.39 is 17.2 Å². The lowest BCUT2D eigenvalue weighted by Crippen LogP contribution is -2.37. The van der Waals surface area contributed by atoms with Crippen LogP contribution < -0.4 is 21.3 Å². The summed E-state index contributed by atoms with van der Waals surface area (Å²) >= 11 is 6.07. The van der Waals surface area contributed by atoms with Crippen LogP contribution >= 0.6 is 11.6 Å². The summed E-state index contributed by atoms with van der Waals surface area (Å²) in [4.78, 5) is 35.9. The summed E-state index contributed by atoms with van der Waals surface area (Å²) in [5, 5.41) is 3.19. The van der Waals surface area contributed by atoms with Crippen molar-refractivity contribution >= 4 is 29.3 Å². The standard InChI is InChI=1S/C21H18ClN3O4/c1-24-13-14(20(27)25(2)21(24)28)7-12-19(26)23-15-8-10-16(11-9-15)29-18-6-4-3-5-17(18)22/h3-13H,1-2H3,(H,23,26). The third-order valence-electron chi connectivity index (χ3n) is 4.07. The van der Waals surface area contributed by atoms with Gasteiger partial charge in [0.15, 0.2) is 0 Å². The third-order valence-corrected chi connectivity index (χ3v) is 4.39. The highest BCUT2D eigenvalue weighted by Gasteiger charge is 2.06. The first-order valence-electron chi connectivity index (χ1n) is 8.63. The number of aryl methyl sites for hydroxylation is 1. The molecule has 3 aromatic rings. The van der Waals surface area contributed by atoms with Gasteiger partial charge in [-0.15, -0.1) is 0 Å². The number of rotatable bonds is 5. The summed E-state index contributed by atoms with van der Waals surface area (Å²) in [7, 11) is 2.92. The Morgan fingerprint density at radius 3 is 2.45 bits per heavy atom. The zero-order valence-electron chi connectivity index (χ0n) is 15.8. The van der Waals surface area contributed by atoms with E-state index in [0.717, 1.165) is 4.57 Å². The molecule has 0 radical (unpaired) electrons. The van der Waals surface area contributed by atoms with E-state index in [1.807, 2.05) is 12.1 Å². The molecule has 0 spiro atoms. The molecule has 1 amide bonds. The minimum absolute atomic E-state index is 0.230. The Labute approximate surface area is 171 Å². The number of anilines is 1. The number of carbonyl (C=O) groups excluding carboxylic acids is 1. The second-order valence-electron chi connectivity index (χ2n) is 6.22. The first kappa shape index (κ1) is 20.2. The summed E-state index contributed by atoms with van der Waals surface area (Å²) in [5.74, 6) is 0.689. The van der Waals surface area contributed by atoms with Crippen molar-refractivity contribution in [1.29, 1.82) is 0 Å². The monoisotopic (exact) mass is 411 g/mol. The van der Waals surface area contributed by atoms with E-state index in [4.69, 9.17) is 16.3 Å². The van der Waals surface area contributed by atoms with Crippen molar-refractivity contribution < 1.29 is 9.53 Å². The number of nitrogens with one attached hydrogen (secondary N) is 1. The fourth-order valence-corrected chi connectivity index (χ4v) is 2.73. The molecule has 0 unspecified atom stereocenters. The van der Waals surface area contributed by atoms with E-state index in [9.17, 15) is 14.4 Å². The predicted octanol–water partition coefficient (Wildman–Crippen LogP) is 3.18. The van der Waals surface area contributed by atoms with Crippen LogP contribution in [0, 0.1) is 0 Å². The van der Waals surface area contributed by atoms with Crippen LogP contribution in [0.25, 0.3) is 6.08 Å². The van der Waals surface area contributed by atoms with Gasteiger partial charge in [-0.1, -0.05) is 23.7 Å². The number of carbonyl (C=O) groups is 1. The van der Waals surface area contributed by atoms with Gasteiger partial charge in [0.05, 0.1) is 10.6 Å². The maximum absolute atomic E-state index is 12.1. The normalized spacial score (nSPS) is 10.9. The largest absolute Gasteiger partial charge is 0.456 e. The number of benzene rings is 2. The number of hydrogen-bond donors (Lipinski definition) is 1. The Kier molecular flexibility index (Phi) is 5.99. The van der Waals surface area contributed by atoms with E-state index in [1.54, 1.807) is 36.4 Å². The smallest absolute Gasteiger partial charge is 0.330 e. The quantitative estimate of drug-likeness (QED) is 0.654. The number of para-hydroxylation sites is 1. The molecule has 7 nitrogen and oxygen atoms in total. The number of hydrogen-bond acceptors (Lipinski definition) is 4. The van der Waals surface area contributed by atoms with Crippen LogP contribution in [0.15, 0.2) is 70.4 Å². The van der Waals surface area contributed by atoms with Gasteiger partial charge in [-0.25, -0.2) is 4.79 Å². The Morgan fingerprint density at radius 1 is 1.07 bits per heavy atom. The van der Waals surface area contributed by atoms with Gasteiger partial charge in [-0.2, -0.15) is 0 Å². The second kappa shape index (κ2) is 8.62.